The van der Waals surface area contributed by atoms with Gasteiger partial charge in [0.1, 0.15) is 11.9 Å². The summed E-state index contributed by atoms with van der Waals surface area (Å²) in [4.78, 5) is 43.7. The molecule has 3 aliphatic rings. The average Bonchev–Trinajstić information content (AvgIpc) is 3.10. The Balaban J connectivity index is 1.61. The number of carbonyl (C=O) groups is 3. The molecule has 0 bridgehead atoms. The number of fused-ring (bicyclic) bond motifs is 2. The number of epoxide rings is 1. The van der Waals surface area contributed by atoms with E-state index in [0.29, 0.717) is 6.42 Å². The second-order valence-corrected chi connectivity index (χ2v) is 12.8. The summed E-state index contributed by atoms with van der Waals surface area (Å²) in [6.45, 7) is 11.4. The number of ether oxygens (including phenoxy) is 2. The second-order valence-electron chi connectivity index (χ2n) is 11.7. The van der Waals surface area contributed by atoms with Crippen LogP contribution in [0.25, 0.3) is 6.08 Å². The highest BCUT2D eigenvalue weighted by atomic mass is 32.1. The molecule has 3 fully saturated rings. The molecule has 0 unspecified atom stereocenters. The van der Waals surface area contributed by atoms with Gasteiger partial charge in [0, 0.05) is 24.1 Å². The van der Waals surface area contributed by atoms with Crippen LogP contribution in [-0.2, 0) is 23.9 Å². The van der Waals surface area contributed by atoms with E-state index in [0.717, 1.165) is 35.5 Å². The maximum absolute atomic E-state index is 13.6. The fourth-order valence-electron chi connectivity index (χ4n) is 5.99. The number of carbonyl (C=O) groups excluding carboxylic acids is 3. The van der Waals surface area contributed by atoms with Gasteiger partial charge >= 0.3 is 5.97 Å². The van der Waals surface area contributed by atoms with E-state index in [9.17, 15) is 19.5 Å². The predicted molar refractivity (Wildman–Crippen MR) is 141 cm³/mol. The van der Waals surface area contributed by atoms with Crippen LogP contribution < -0.4 is 5.32 Å². The van der Waals surface area contributed by atoms with E-state index in [4.69, 9.17) is 9.47 Å². The molecule has 1 amide bonds. The third-order valence-corrected chi connectivity index (χ3v) is 9.46. The number of rotatable bonds is 2. The highest BCUT2D eigenvalue weighted by Gasteiger charge is 2.54. The second kappa shape index (κ2) is 10.6. The lowest BCUT2D eigenvalue weighted by atomic mass is 9.70. The SMILES string of the molecule is C/C(=C\c1csc(C)n1)[C@@H]1C[C@@H]2O[C@]2(C)CCC[C@H](C)[C@H](O)[C@@H](C)C(=O)[C@]2(C)CC(=O)N[C@@H]2CC(=O)O1. The van der Waals surface area contributed by atoms with Gasteiger partial charge in [0.05, 0.1) is 46.4 Å². The van der Waals surface area contributed by atoms with E-state index in [-0.39, 0.29) is 42.2 Å². The number of Topliss-reactive ketones (excluding diaryl/α,β-unsaturated/α-hetero) is 1. The molecule has 204 valence electrons. The molecule has 37 heavy (non-hydrogen) atoms. The monoisotopic (exact) mass is 532 g/mol. The van der Waals surface area contributed by atoms with E-state index in [2.05, 4.69) is 17.2 Å². The smallest absolute Gasteiger partial charge is 0.308 e. The molecule has 4 heterocycles. The highest BCUT2D eigenvalue weighted by Crippen LogP contribution is 2.45. The Morgan fingerprint density at radius 2 is 2.00 bits per heavy atom. The van der Waals surface area contributed by atoms with Gasteiger partial charge in [-0.15, -0.1) is 11.3 Å². The van der Waals surface area contributed by atoms with Crippen LogP contribution in [0.2, 0.25) is 0 Å². The first kappa shape index (κ1) is 27.9. The predicted octanol–water partition coefficient (Wildman–Crippen LogP) is 3.99. The molecule has 9 heteroatoms. The zero-order chi connectivity index (χ0) is 27.1. The van der Waals surface area contributed by atoms with Gasteiger partial charge in [-0.2, -0.15) is 0 Å². The van der Waals surface area contributed by atoms with Crippen LogP contribution in [0.4, 0.5) is 0 Å². The van der Waals surface area contributed by atoms with Gasteiger partial charge in [-0.25, -0.2) is 4.98 Å². The van der Waals surface area contributed by atoms with Crippen molar-refractivity contribution in [2.45, 2.75) is 110 Å². The number of nitrogens with one attached hydrogen (secondary N) is 1. The summed E-state index contributed by atoms with van der Waals surface area (Å²) in [7, 11) is 0. The van der Waals surface area contributed by atoms with Crippen LogP contribution >= 0.6 is 11.3 Å². The molecule has 3 aliphatic heterocycles. The normalized spacial score (nSPS) is 40.0. The van der Waals surface area contributed by atoms with E-state index >= 15 is 0 Å². The number of hydrogen-bond acceptors (Lipinski definition) is 8. The lowest BCUT2D eigenvalue weighted by Crippen LogP contribution is -2.47. The number of ketones is 1. The molecule has 0 radical (unpaired) electrons. The van der Waals surface area contributed by atoms with Crippen molar-refractivity contribution in [2.75, 3.05) is 0 Å². The van der Waals surface area contributed by atoms with Gasteiger partial charge in [0.15, 0.2) is 0 Å². The first-order chi connectivity index (χ1) is 17.3. The van der Waals surface area contributed by atoms with Crippen molar-refractivity contribution in [3.63, 3.8) is 0 Å². The van der Waals surface area contributed by atoms with E-state index in [1.165, 1.54) is 0 Å². The third-order valence-electron chi connectivity index (χ3n) is 8.66. The molecule has 1 aromatic heterocycles. The summed E-state index contributed by atoms with van der Waals surface area (Å²) < 4.78 is 12.1. The highest BCUT2D eigenvalue weighted by molar-refractivity contribution is 7.09. The Morgan fingerprint density at radius 3 is 2.68 bits per heavy atom. The molecule has 1 aromatic rings. The largest absolute Gasteiger partial charge is 0.458 e. The maximum atomic E-state index is 13.6. The van der Waals surface area contributed by atoms with Crippen LogP contribution in [0.5, 0.6) is 0 Å². The Kier molecular flexibility index (Phi) is 7.98. The van der Waals surface area contributed by atoms with Crippen LogP contribution in [-0.4, -0.2) is 57.7 Å². The average molecular weight is 533 g/mol. The van der Waals surface area contributed by atoms with Crippen LogP contribution in [0, 0.1) is 24.2 Å². The van der Waals surface area contributed by atoms with Crippen molar-refractivity contribution >= 4 is 35.1 Å². The van der Waals surface area contributed by atoms with Gasteiger partial charge in [-0.3, -0.25) is 14.4 Å². The number of aryl methyl sites for hydroxylation is 1. The molecular formula is C28H40N2O6S. The number of esters is 1. The molecule has 0 aromatic carbocycles. The molecule has 0 aliphatic carbocycles. The van der Waals surface area contributed by atoms with Crippen molar-refractivity contribution in [3.05, 3.63) is 21.7 Å². The van der Waals surface area contributed by atoms with Gasteiger partial charge in [-0.05, 0) is 51.2 Å². The van der Waals surface area contributed by atoms with Gasteiger partial charge in [-0.1, -0.05) is 27.2 Å². The summed E-state index contributed by atoms with van der Waals surface area (Å²) in [5, 5.41) is 16.7. The van der Waals surface area contributed by atoms with Crippen molar-refractivity contribution in [1.29, 1.82) is 0 Å². The Morgan fingerprint density at radius 1 is 1.27 bits per heavy atom. The summed E-state index contributed by atoms with van der Waals surface area (Å²) in [5.74, 6) is -1.67. The Labute approximate surface area is 223 Å². The lowest BCUT2D eigenvalue weighted by molar-refractivity contribution is -0.149. The number of aromatic nitrogens is 1. The Bertz CT molecular complexity index is 1080. The lowest BCUT2D eigenvalue weighted by Gasteiger charge is -2.34. The minimum absolute atomic E-state index is 0.00494. The molecule has 8 atom stereocenters. The summed E-state index contributed by atoms with van der Waals surface area (Å²) in [6, 6.07) is -0.688. The maximum Gasteiger partial charge on any atom is 0.308 e. The number of thiazole rings is 1. The van der Waals surface area contributed by atoms with Gasteiger partial charge in [0.25, 0.3) is 0 Å². The van der Waals surface area contributed by atoms with Gasteiger partial charge < -0.3 is 19.9 Å². The number of nitrogens with zero attached hydrogens (tertiary/aromatic N) is 1. The first-order valence-electron chi connectivity index (χ1n) is 13.3. The third kappa shape index (κ3) is 5.99. The zero-order valence-electron chi connectivity index (χ0n) is 22.7. The number of aliphatic hydroxyl groups is 1. The standard InChI is InChI=1S/C28H40N2O6S/c1-15-8-7-9-28(6)22(36-28)11-20(16(2)10-19-14-37-18(4)29-19)35-24(32)12-21-27(5,13-23(31)30-21)26(34)17(3)25(15)33/h10,14-15,17,20-22,25,33H,7-9,11-13H2,1-6H3,(H,30,31)/b16-10+/t15-,17+,20-,21+,22-,25-,27+,28+/m0/s1. The summed E-state index contributed by atoms with van der Waals surface area (Å²) in [5.41, 5.74) is 0.301. The first-order valence-corrected chi connectivity index (χ1v) is 14.2. The molecule has 0 saturated carbocycles. The van der Waals surface area contributed by atoms with Crippen molar-refractivity contribution < 1.29 is 29.0 Å². The summed E-state index contributed by atoms with van der Waals surface area (Å²) >= 11 is 1.56. The van der Waals surface area contributed by atoms with Crippen molar-refractivity contribution in [1.82, 2.24) is 10.3 Å². The summed E-state index contributed by atoms with van der Waals surface area (Å²) in [6.07, 6.45) is 3.41. The fourth-order valence-corrected chi connectivity index (χ4v) is 6.56. The molecule has 0 spiro atoms. The van der Waals surface area contributed by atoms with Crippen LogP contribution in [0.1, 0.15) is 83.8 Å². The van der Waals surface area contributed by atoms with Gasteiger partial charge in [0.2, 0.25) is 5.91 Å². The quantitative estimate of drug-likeness (QED) is 0.437. The number of amides is 1. The minimum atomic E-state index is -1.09. The molecule has 3 saturated heterocycles. The van der Waals surface area contributed by atoms with Crippen molar-refractivity contribution in [2.24, 2.45) is 17.3 Å². The van der Waals surface area contributed by atoms with Crippen LogP contribution in [0.15, 0.2) is 11.0 Å². The minimum Gasteiger partial charge on any atom is -0.458 e. The number of cyclic esters (lactones) is 1. The van der Waals surface area contributed by atoms with E-state index < -0.39 is 35.6 Å². The van der Waals surface area contributed by atoms with E-state index in [1.807, 2.05) is 32.2 Å². The Hall–Kier alpha value is -2.10. The number of hydrogen-bond donors (Lipinski definition) is 2. The molecule has 4 rings (SSSR count). The fraction of sp³-hybridized carbons (Fsp3) is 0.714. The molecule has 8 nitrogen and oxygen atoms in total. The van der Waals surface area contributed by atoms with E-state index in [1.54, 1.807) is 25.2 Å². The zero-order valence-corrected chi connectivity index (χ0v) is 23.5. The molecule has 2 N–H and O–H groups in total. The van der Waals surface area contributed by atoms with Crippen LogP contribution in [0.3, 0.4) is 0 Å². The topological polar surface area (TPSA) is 118 Å². The molecular weight excluding hydrogens is 492 g/mol. The van der Waals surface area contributed by atoms with Crippen molar-refractivity contribution in [3.8, 4) is 0 Å². The number of aliphatic hydroxyl groups excluding tert-OH is 1.